The molecule has 0 radical (unpaired) electrons. The lowest BCUT2D eigenvalue weighted by Gasteiger charge is -2.29. The van der Waals surface area contributed by atoms with Crippen molar-refractivity contribution in [2.24, 2.45) is 0 Å². The van der Waals surface area contributed by atoms with Crippen molar-refractivity contribution in [3.63, 3.8) is 0 Å². The molecule has 1 fully saturated rings. The van der Waals surface area contributed by atoms with E-state index in [0.717, 1.165) is 38.0 Å². The maximum Gasteiger partial charge on any atom is 0.310 e. The highest BCUT2D eigenvalue weighted by atomic mass is 16.4. The van der Waals surface area contributed by atoms with Crippen molar-refractivity contribution in [1.82, 2.24) is 4.90 Å². The molecule has 0 aliphatic carbocycles. The average Bonchev–Trinajstić information content (AvgIpc) is 2.41. The van der Waals surface area contributed by atoms with Crippen LogP contribution in [0.5, 0.6) is 0 Å². The van der Waals surface area contributed by atoms with Gasteiger partial charge < -0.3 is 10.2 Å². The fourth-order valence-corrected chi connectivity index (χ4v) is 2.39. The van der Waals surface area contributed by atoms with E-state index in [1.54, 1.807) is 6.92 Å². The summed E-state index contributed by atoms with van der Waals surface area (Å²) in [5, 5.41) is 18.4. The molecule has 4 nitrogen and oxygen atoms in total. The normalized spacial score (nSPS) is 19.3. The summed E-state index contributed by atoms with van der Waals surface area (Å²) in [6, 6.07) is 7.79. The van der Waals surface area contributed by atoms with Gasteiger partial charge in [-0.05, 0) is 30.9 Å². The zero-order valence-electron chi connectivity index (χ0n) is 11.2. The highest BCUT2D eigenvalue weighted by Gasteiger charge is 2.17. The Balaban J connectivity index is 1.93. The van der Waals surface area contributed by atoms with Gasteiger partial charge in [0.2, 0.25) is 0 Å². The molecule has 1 aliphatic heterocycles. The van der Waals surface area contributed by atoms with Gasteiger partial charge >= 0.3 is 5.97 Å². The number of nitrogens with zero attached hydrogens (tertiary/aromatic N) is 1. The lowest BCUT2D eigenvalue weighted by molar-refractivity contribution is -0.138. The molecule has 1 aromatic rings. The van der Waals surface area contributed by atoms with Gasteiger partial charge in [0, 0.05) is 19.6 Å². The van der Waals surface area contributed by atoms with Crippen molar-refractivity contribution in [3.8, 4) is 0 Å². The molecule has 1 aliphatic rings. The van der Waals surface area contributed by atoms with Crippen molar-refractivity contribution in [2.45, 2.75) is 38.3 Å². The van der Waals surface area contributed by atoms with Gasteiger partial charge in [0.25, 0.3) is 0 Å². The molecule has 1 heterocycles. The van der Waals surface area contributed by atoms with E-state index in [1.807, 2.05) is 24.3 Å². The van der Waals surface area contributed by atoms with Crippen molar-refractivity contribution in [2.75, 3.05) is 13.1 Å². The summed E-state index contributed by atoms with van der Waals surface area (Å²) >= 11 is 0. The Kier molecular flexibility index (Phi) is 4.56. The molecule has 0 saturated carbocycles. The highest BCUT2D eigenvalue weighted by Crippen LogP contribution is 2.18. The van der Waals surface area contributed by atoms with Crippen molar-refractivity contribution in [3.05, 3.63) is 35.4 Å². The van der Waals surface area contributed by atoms with Crippen LogP contribution >= 0.6 is 0 Å². The van der Waals surface area contributed by atoms with Gasteiger partial charge in [-0.3, -0.25) is 9.69 Å². The van der Waals surface area contributed by atoms with E-state index in [9.17, 15) is 9.90 Å². The van der Waals surface area contributed by atoms with E-state index < -0.39 is 11.9 Å². The predicted molar refractivity (Wildman–Crippen MR) is 73.0 cm³/mol. The Morgan fingerprint density at radius 1 is 1.32 bits per heavy atom. The number of carbonyl (C=O) groups is 1. The van der Waals surface area contributed by atoms with Crippen LogP contribution in [0, 0.1) is 0 Å². The van der Waals surface area contributed by atoms with Crippen LogP contribution in [0.1, 0.15) is 36.8 Å². The van der Waals surface area contributed by atoms with Crippen LogP contribution in [0.2, 0.25) is 0 Å². The fourth-order valence-electron chi connectivity index (χ4n) is 2.39. The van der Waals surface area contributed by atoms with Crippen LogP contribution in [-0.4, -0.2) is 40.3 Å². The molecule has 19 heavy (non-hydrogen) atoms. The number of likely N-dealkylation sites (tertiary alicyclic amines) is 1. The first kappa shape index (κ1) is 14.0. The second-order valence-electron chi connectivity index (χ2n) is 5.31. The topological polar surface area (TPSA) is 60.8 Å². The number of aliphatic carboxylic acids is 1. The molecule has 1 aromatic carbocycles. The third kappa shape index (κ3) is 3.78. The summed E-state index contributed by atoms with van der Waals surface area (Å²) in [6.45, 7) is 4.42. The average molecular weight is 263 g/mol. The lowest BCUT2D eigenvalue weighted by Crippen LogP contribution is -2.35. The van der Waals surface area contributed by atoms with Crippen LogP contribution in [0.15, 0.2) is 24.3 Å². The maximum atomic E-state index is 10.9. The van der Waals surface area contributed by atoms with E-state index >= 15 is 0 Å². The predicted octanol–water partition coefficient (Wildman–Crippen LogP) is 1.83. The van der Waals surface area contributed by atoms with Gasteiger partial charge in [-0.2, -0.15) is 0 Å². The van der Waals surface area contributed by atoms with Crippen LogP contribution in [0.3, 0.4) is 0 Å². The summed E-state index contributed by atoms with van der Waals surface area (Å²) < 4.78 is 0. The summed E-state index contributed by atoms with van der Waals surface area (Å²) in [6.07, 6.45) is 1.54. The molecule has 104 valence electrons. The highest BCUT2D eigenvalue weighted by molar-refractivity contribution is 5.75. The van der Waals surface area contributed by atoms with Crippen LogP contribution in [-0.2, 0) is 11.3 Å². The molecule has 0 spiro atoms. The number of piperidine rings is 1. The molecular weight excluding hydrogens is 242 g/mol. The summed E-state index contributed by atoms with van der Waals surface area (Å²) in [4.78, 5) is 13.2. The smallest absolute Gasteiger partial charge is 0.310 e. The lowest BCUT2D eigenvalue weighted by atomic mass is 9.99. The first-order chi connectivity index (χ1) is 9.06. The van der Waals surface area contributed by atoms with Crippen LogP contribution < -0.4 is 0 Å². The number of carboxylic acids is 1. The number of benzene rings is 1. The number of aliphatic hydroxyl groups excluding tert-OH is 1. The third-order valence-electron chi connectivity index (χ3n) is 3.81. The van der Waals surface area contributed by atoms with Gasteiger partial charge in [0.1, 0.15) is 0 Å². The minimum atomic E-state index is -0.794. The molecule has 0 amide bonds. The molecule has 0 bridgehead atoms. The molecular formula is C15H21NO3. The molecule has 1 unspecified atom stereocenters. The SMILES string of the molecule is CC(C(=O)O)c1ccc(CN2CCC(O)CC2)cc1. The summed E-state index contributed by atoms with van der Waals surface area (Å²) in [7, 11) is 0. The number of rotatable bonds is 4. The quantitative estimate of drug-likeness (QED) is 0.870. The molecule has 0 aromatic heterocycles. The minimum Gasteiger partial charge on any atom is -0.481 e. The second kappa shape index (κ2) is 6.17. The minimum absolute atomic E-state index is 0.143. The van der Waals surface area contributed by atoms with E-state index in [0.29, 0.717) is 0 Å². The Morgan fingerprint density at radius 3 is 2.42 bits per heavy atom. The van der Waals surface area contributed by atoms with E-state index in [1.165, 1.54) is 5.56 Å². The van der Waals surface area contributed by atoms with Gasteiger partial charge in [0.15, 0.2) is 0 Å². The Hall–Kier alpha value is -1.39. The van der Waals surface area contributed by atoms with Crippen LogP contribution in [0.4, 0.5) is 0 Å². The molecule has 2 rings (SSSR count). The Bertz CT molecular complexity index is 422. The van der Waals surface area contributed by atoms with Crippen molar-refractivity contribution >= 4 is 5.97 Å². The van der Waals surface area contributed by atoms with E-state index in [-0.39, 0.29) is 6.10 Å². The number of aliphatic hydroxyl groups is 1. The zero-order valence-corrected chi connectivity index (χ0v) is 11.2. The first-order valence-corrected chi connectivity index (χ1v) is 6.78. The van der Waals surface area contributed by atoms with E-state index in [4.69, 9.17) is 5.11 Å². The largest absolute Gasteiger partial charge is 0.481 e. The standard InChI is InChI=1S/C15H21NO3/c1-11(15(18)19)13-4-2-12(3-5-13)10-16-8-6-14(17)7-9-16/h2-5,11,14,17H,6-10H2,1H3,(H,18,19). The Labute approximate surface area is 113 Å². The molecule has 2 N–H and O–H groups in total. The maximum absolute atomic E-state index is 10.9. The van der Waals surface area contributed by atoms with Gasteiger partial charge in [-0.25, -0.2) is 0 Å². The van der Waals surface area contributed by atoms with Gasteiger partial charge in [-0.15, -0.1) is 0 Å². The van der Waals surface area contributed by atoms with E-state index in [2.05, 4.69) is 4.90 Å². The number of hydrogen-bond donors (Lipinski definition) is 2. The van der Waals surface area contributed by atoms with Gasteiger partial charge in [0.05, 0.1) is 12.0 Å². The first-order valence-electron chi connectivity index (χ1n) is 6.78. The van der Waals surface area contributed by atoms with Crippen molar-refractivity contribution < 1.29 is 15.0 Å². The fraction of sp³-hybridized carbons (Fsp3) is 0.533. The van der Waals surface area contributed by atoms with Crippen molar-refractivity contribution in [1.29, 1.82) is 0 Å². The molecule has 1 saturated heterocycles. The third-order valence-corrected chi connectivity index (χ3v) is 3.81. The summed E-state index contributed by atoms with van der Waals surface area (Å²) in [5.74, 6) is -1.25. The number of carboxylic acid groups (broad SMARTS) is 1. The summed E-state index contributed by atoms with van der Waals surface area (Å²) in [5.41, 5.74) is 2.03. The molecule has 4 heteroatoms. The number of hydrogen-bond acceptors (Lipinski definition) is 3. The van der Waals surface area contributed by atoms with Crippen LogP contribution in [0.25, 0.3) is 0 Å². The van der Waals surface area contributed by atoms with Gasteiger partial charge in [-0.1, -0.05) is 24.3 Å². The molecule has 1 atom stereocenters. The monoisotopic (exact) mass is 263 g/mol. The zero-order chi connectivity index (χ0) is 13.8. The Morgan fingerprint density at radius 2 is 1.89 bits per heavy atom. The second-order valence-corrected chi connectivity index (χ2v) is 5.31.